The van der Waals surface area contributed by atoms with Crippen LogP contribution in [-0.2, 0) is 0 Å². The van der Waals surface area contributed by atoms with Gasteiger partial charge < -0.3 is 0 Å². The molecule has 4 fully saturated rings. The standard InChI is InChI=1S/C37H57N3/c1-39-36(27-15-6-3-7-16-27)30-18-10-11-19-32(30)38-37(39)40-33-23-21-26-14-8-9-17-29(26)35(33)31-22-20-28(24-34(31)40)25-12-4-2-5-13-25/h3,6,11,19,25,27-28,30-38H,2,4-5,7-10,12-18,20-24H2,1H3. The van der Waals surface area contributed by atoms with Crippen LogP contribution in [0.2, 0.25) is 0 Å². The molecule has 6 aliphatic carbocycles. The van der Waals surface area contributed by atoms with Gasteiger partial charge in [-0.1, -0.05) is 67.6 Å². The molecule has 10 unspecified atom stereocenters. The number of rotatable bonds is 3. The predicted octanol–water partition coefficient (Wildman–Crippen LogP) is 8.19. The van der Waals surface area contributed by atoms with Gasteiger partial charge in [0.2, 0.25) is 0 Å². The lowest BCUT2D eigenvalue weighted by Gasteiger charge is -2.57. The van der Waals surface area contributed by atoms with E-state index in [9.17, 15) is 0 Å². The highest BCUT2D eigenvalue weighted by molar-refractivity contribution is 5.29. The van der Waals surface area contributed by atoms with E-state index in [1.165, 1.54) is 122 Å². The van der Waals surface area contributed by atoms with Crippen LogP contribution in [-0.4, -0.2) is 47.3 Å². The molecule has 40 heavy (non-hydrogen) atoms. The van der Waals surface area contributed by atoms with Crippen molar-refractivity contribution in [1.82, 2.24) is 15.1 Å². The Morgan fingerprint density at radius 1 is 0.700 bits per heavy atom. The van der Waals surface area contributed by atoms with Gasteiger partial charge in [0.25, 0.3) is 0 Å². The molecule has 0 aromatic heterocycles. The fraction of sp³-hybridized carbons (Fsp3) is 0.838. The third kappa shape index (κ3) is 4.55. The van der Waals surface area contributed by atoms with E-state index in [1.807, 2.05) is 11.1 Å². The summed E-state index contributed by atoms with van der Waals surface area (Å²) in [6.45, 7) is 0. The van der Waals surface area contributed by atoms with E-state index in [0.29, 0.717) is 12.3 Å². The Hall–Kier alpha value is -0.900. The zero-order chi connectivity index (χ0) is 26.6. The zero-order valence-corrected chi connectivity index (χ0v) is 25.5. The van der Waals surface area contributed by atoms with Crippen LogP contribution in [0.1, 0.15) is 122 Å². The molecule has 0 aromatic carbocycles. The molecule has 3 nitrogen and oxygen atoms in total. The molecule has 2 aliphatic heterocycles. The van der Waals surface area contributed by atoms with E-state index in [1.54, 1.807) is 0 Å². The first-order valence-electron chi connectivity index (χ1n) is 18.1. The van der Waals surface area contributed by atoms with Crippen molar-refractivity contribution in [1.29, 1.82) is 0 Å². The molecule has 0 radical (unpaired) electrons. The van der Waals surface area contributed by atoms with Crippen molar-refractivity contribution < 1.29 is 0 Å². The molecule has 8 rings (SSSR count). The molecule has 2 saturated carbocycles. The maximum atomic E-state index is 4.38. The Labute approximate surface area is 245 Å². The number of likely N-dealkylation sites (tertiary alicyclic amines) is 1. The van der Waals surface area contributed by atoms with Crippen molar-refractivity contribution in [2.45, 2.75) is 152 Å². The van der Waals surface area contributed by atoms with Crippen LogP contribution >= 0.6 is 0 Å². The first-order valence-corrected chi connectivity index (χ1v) is 18.1. The van der Waals surface area contributed by atoms with Gasteiger partial charge in [0.05, 0.1) is 0 Å². The van der Waals surface area contributed by atoms with Crippen molar-refractivity contribution in [3.8, 4) is 0 Å². The van der Waals surface area contributed by atoms with Gasteiger partial charge in [-0.25, -0.2) is 0 Å². The Bertz CT molecular complexity index is 1000. The van der Waals surface area contributed by atoms with Gasteiger partial charge in [-0.05, 0) is 127 Å². The maximum absolute atomic E-state index is 4.38. The summed E-state index contributed by atoms with van der Waals surface area (Å²) < 4.78 is 0. The van der Waals surface area contributed by atoms with Crippen molar-refractivity contribution in [3.63, 3.8) is 0 Å². The second-order valence-corrected chi connectivity index (χ2v) is 15.6. The molecule has 10 atom stereocenters. The molecule has 220 valence electrons. The van der Waals surface area contributed by atoms with E-state index in [0.717, 1.165) is 53.6 Å². The molecule has 0 bridgehead atoms. The summed E-state index contributed by atoms with van der Waals surface area (Å²) in [5.74, 6) is 5.39. The molecule has 8 aliphatic rings. The van der Waals surface area contributed by atoms with Crippen LogP contribution in [0.4, 0.5) is 0 Å². The lowest BCUT2D eigenvalue weighted by atomic mass is 9.64. The Balaban J connectivity index is 1.15. The fourth-order valence-corrected chi connectivity index (χ4v) is 12.2. The molecule has 0 spiro atoms. The molecule has 0 aromatic rings. The van der Waals surface area contributed by atoms with E-state index in [4.69, 9.17) is 0 Å². The lowest BCUT2D eigenvalue weighted by molar-refractivity contribution is -0.105. The second-order valence-electron chi connectivity index (χ2n) is 15.6. The van der Waals surface area contributed by atoms with E-state index in [-0.39, 0.29) is 0 Å². The number of allylic oxidation sites excluding steroid dienone is 4. The SMILES string of the molecule is CN1C(C2CC=CCC2)C2CCC=CC2NC1N1C2CC(C3CCCCC3)CCC2C2C3=C(CCCC3)CCC21. The van der Waals surface area contributed by atoms with Gasteiger partial charge in [0.1, 0.15) is 6.29 Å². The van der Waals surface area contributed by atoms with Crippen LogP contribution in [0.5, 0.6) is 0 Å². The number of hydrogen-bond acceptors (Lipinski definition) is 3. The molecular formula is C37H57N3. The molecule has 3 heteroatoms. The minimum absolute atomic E-state index is 0.415. The highest BCUT2D eigenvalue weighted by Gasteiger charge is 2.58. The quantitative estimate of drug-likeness (QED) is 0.362. The summed E-state index contributed by atoms with van der Waals surface area (Å²) in [5, 5.41) is 4.38. The van der Waals surface area contributed by atoms with Crippen molar-refractivity contribution in [3.05, 3.63) is 35.5 Å². The summed E-state index contributed by atoms with van der Waals surface area (Å²) >= 11 is 0. The maximum Gasteiger partial charge on any atom is 0.118 e. The molecule has 0 amide bonds. The highest BCUT2D eigenvalue weighted by atomic mass is 15.5. The van der Waals surface area contributed by atoms with E-state index >= 15 is 0 Å². The first-order chi connectivity index (χ1) is 19.8. The molecule has 1 N–H and O–H groups in total. The van der Waals surface area contributed by atoms with Gasteiger partial charge in [-0.2, -0.15) is 0 Å². The minimum atomic E-state index is 0.415. The third-order valence-corrected chi connectivity index (χ3v) is 13.8. The minimum Gasteiger partial charge on any atom is -0.283 e. The molecule has 2 heterocycles. The zero-order valence-electron chi connectivity index (χ0n) is 25.5. The summed E-state index contributed by atoms with van der Waals surface area (Å²) in [4.78, 5) is 6.13. The van der Waals surface area contributed by atoms with Gasteiger partial charge in [0.15, 0.2) is 0 Å². The van der Waals surface area contributed by atoms with Crippen molar-refractivity contribution >= 4 is 0 Å². The summed E-state index contributed by atoms with van der Waals surface area (Å²) in [5.41, 5.74) is 3.91. The number of fused-ring (bicyclic) bond motifs is 5. The van der Waals surface area contributed by atoms with Crippen molar-refractivity contribution in [2.24, 2.45) is 35.5 Å². The van der Waals surface area contributed by atoms with Crippen LogP contribution < -0.4 is 5.32 Å². The van der Waals surface area contributed by atoms with Gasteiger partial charge in [0, 0.05) is 30.1 Å². The lowest BCUT2D eigenvalue weighted by Crippen LogP contribution is -2.72. The Kier molecular flexibility index (Phi) is 7.55. The third-order valence-electron chi connectivity index (χ3n) is 13.8. The van der Waals surface area contributed by atoms with Gasteiger partial charge >= 0.3 is 0 Å². The Morgan fingerprint density at radius 3 is 2.45 bits per heavy atom. The Morgan fingerprint density at radius 2 is 1.57 bits per heavy atom. The van der Waals surface area contributed by atoms with Crippen LogP contribution in [0.25, 0.3) is 0 Å². The summed E-state index contributed by atoms with van der Waals surface area (Å²) in [7, 11) is 2.55. The number of nitrogens with one attached hydrogen (secondary N) is 1. The smallest absolute Gasteiger partial charge is 0.118 e. The number of nitrogens with zero attached hydrogens (tertiary/aromatic N) is 2. The van der Waals surface area contributed by atoms with E-state index < -0.39 is 0 Å². The average Bonchev–Trinajstić information content (AvgIpc) is 3.35. The highest BCUT2D eigenvalue weighted by Crippen LogP contribution is 2.57. The number of hydrogen-bond donors (Lipinski definition) is 1. The average molecular weight is 544 g/mol. The molecular weight excluding hydrogens is 486 g/mol. The summed E-state index contributed by atoms with van der Waals surface area (Å²) in [6.07, 6.45) is 37.8. The van der Waals surface area contributed by atoms with Gasteiger partial charge in [-0.3, -0.25) is 15.1 Å². The largest absolute Gasteiger partial charge is 0.283 e. The normalized spacial score (nSPS) is 46.5. The van der Waals surface area contributed by atoms with Gasteiger partial charge in [-0.15, -0.1) is 0 Å². The van der Waals surface area contributed by atoms with Crippen LogP contribution in [0.3, 0.4) is 0 Å². The first kappa shape index (κ1) is 26.7. The van der Waals surface area contributed by atoms with Crippen molar-refractivity contribution in [2.75, 3.05) is 7.05 Å². The van der Waals surface area contributed by atoms with Crippen LogP contribution in [0.15, 0.2) is 35.5 Å². The van der Waals surface area contributed by atoms with Crippen LogP contribution in [0, 0.1) is 35.5 Å². The monoisotopic (exact) mass is 543 g/mol. The summed E-state index contributed by atoms with van der Waals surface area (Å²) in [6, 6.07) is 2.84. The predicted molar refractivity (Wildman–Crippen MR) is 166 cm³/mol. The second kappa shape index (κ2) is 11.3. The van der Waals surface area contributed by atoms with E-state index in [2.05, 4.69) is 46.5 Å². The topological polar surface area (TPSA) is 18.5 Å². The molecule has 2 saturated heterocycles. The fourth-order valence-electron chi connectivity index (χ4n) is 12.2.